The molecule has 0 unspecified atom stereocenters. The van der Waals surface area contributed by atoms with Crippen molar-refractivity contribution in [1.82, 2.24) is 0 Å². The van der Waals surface area contributed by atoms with Crippen molar-refractivity contribution in [3.63, 3.8) is 0 Å². The molecule has 1 aromatic carbocycles. The van der Waals surface area contributed by atoms with Crippen LogP contribution in [0.1, 0.15) is 45.1 Å². The van der Waals surface area contributed by atoms with E-state index in [1.54, 1.807) is 0 Å². The highest BCUT2D eigenvalue weighted by molar-refractivity contribution is 5.80. The summed E-state index contributed by atoms with van der Waals surface area (Å²) >= 11 is 0. The maximum absolute atomic E-state index is 8.71. The molecule has 0 aromatic heterocycles. The molecule has 0 aliphatic rings. The molecular weight excluding hydrogens is 248 g/mol. The number of nitrogens with zero attached hydrogens (tertiary/aromatic N) is 2. The van der Waals surface area contributed by atoms with Gasteiger partial charge in [0.05, 0.1) is 13.2 Å². The number of hydrogen-bond donors (Lipinski definition) is 1. The van der Waals surface area contributed by atoms with Crippen molar-refractivity contribution < 1.29 is 5.11 Å². The summed E-state index contributed by atoms with van der Waals surface area (Å²) < 4.78 is 0. The Morgan fingerprint density at radius 2 is 1.65 bits per heavy atom. The molecule has 1 N–H and O–H groups in total. The number of unbranched alkanes of at least 4 members (excludes halogenated alkanes) is 2. The van der Waals surface area contributed by atoms with E-state index in [4.69, 9.17) is 5.11 Å². The van der Waals surface area contributed by atoms with Crippen LogP contribution in [-0.4, -0.2) is 37.6 Å². The molecule has 0 bridgehead atoms. The van der Waals surface area contributed by atoms with Crippen LogP contribution in [0, 0.1) is 0 Å². The molecule has 0 aliphatic carbocycles. The molecule has 0 radical (unpaired) electrons. The third-order valence-electron chi connectivity index (χ3n) is 3.29. The van der Waals surface area contributed by atoms with Gasteiger partial charge in [-0.15, -0.1) is 0 Å². The van der Waals surface area contributed by atoms with Gasteiger partial charge in [-0.05, 0) is 30.5 Å². The average molecular weight is 276 g/mol. The maximum atomic E-state index is 8.71. The van der Waals surface area contributed by atoms with Gasteiger partial charge in [-0.1, -0.05) is 38.8 Å². The lowest BCUT2D eigenvalue weighted by Gasteiger charge is -2.24. The molecule has 0 saturated heterocycles. The van der Waals surface area contributed by atoms with Crippen LogP contribution in [0.15, 0.2) is 29.3 Å². The minimum absolute atomic E-state index is 0.108. The second kappa shape index (κ2) is 10.4. The molecular formula is C17H28N2O. The van der Waals surface area contributed by atoms with Gasteiger partial charge in [0.2, 0.25) is 0 Å². The maximum Gasteiger partial charge on any atom is 0.0626 e. The van der Waals surface area contributed by atoms with E-state index >= 15 is 0 Å². The minimum Gasteiger partial charge on any atom is -0.394 e. The van der Waals surface area contributed by atoms with E-state index in [-0.39, 0.29) is 6.61 Å². The van der Waals surface area contributed by atoms with Crippen LogP contribution >= 0.6 is 0 Å². The van der Waals surface area contributed by atoms with Crippen molar-refractivity contribution in [3.8, 4) is 0 Å². The zero-order valence-corrected chi connectivity index (χ0v) is 12.9. The molecule has 3 nitrogen and oxygen atoms in total. The lowest BCUT2D eigenvalue weighted by molar-refractivity contribution is 0.307. The van der Waals surface area contributed by atoms with Gasteiger partial charge in [-0.25, -0.2) is 0 Å². The third-order valence-corrected chi connectivity index (χ3v) is 3.29. The van der Waals surface area contributed by atoms with E-state index in [0.29, 0.717) is 6.54 Å². The lowest BCUT2D eigenvalue weighted by atomic mass is 10.2. The number of anilines is 1. The SMILES string of the molecule is CCCCN(CCCC)c1ccc(/C=N/CCO)cc1. The third kappa shape index (κ3) is 6.20. The van der Waals surface area contributed by atoms with E-state index in [1.165, 1.54) is 31.4 Å². The number of rotatable bonds is 10. The van der Waals surface area contributed by atoms with Gasteiger partial charge < -0.3 is 10.0 Å². The van der Waals surface area contributed by atoms with Crippen molar-refractivity contribution in [2.45, 2.75) is 39.5 Å². The van der Waals surface area contributed by atoms with Crippen molar-refractivity contribution in [3.05, 3.63) is 29.8 Å². The van der Waals surface area contributed by atoms with Crippen molar-refractivity contribution in [2.75, 3.05) is 31.1 Å². The summed E-state index contributed by atoms with van der Waals surface area (Å²) in [6, 6.07) is 8.54. The fraction of sp³-hybridized carbons (Fsp3) is 0.588. The number of aliphatic hydroxyl groups excluding tert-OH is 1. The highest BCUT2D eigenvalue weighted by Gasteiger charge is 2.05. The van der Waals surface area contributed by atoms with E-state index < -0.39 is 0 Å². The Balaban J connectivity index is 2.65. The predicted molar refractivity (Wildman–Crippen MR) is 88.0 cm³/mol. The van der Waals surface area contributed by atoms with E-state index in [2.05, 4.69) is 48.0 Å². The van der Waals surface area contributed by atoms with Gasteiger partial charge in [-0.2, -0.15) is 0 Å². The van der Waals surface area contributed by atoms with Crippen LogP contribution in [0.2, 0.25) is 0 Å². The molecule has 3 heteroatoms. The molecule has 1 rings (SSSR count). The Morgan fingerprint density at radius 3 is 2.15 bits per heavy atom. The van der Waals surface area contributed by atoms with Crippen LogP contribution < -0.4 is 4.90 Å². The topological polar surface area (TPSA) is 35.8 Å². The quantitative estimate of drug-likeness (QED) is 0.664. The van der Waals surface area contributed by atoms with E-state index in [9.17, 15) is 0 Å². The summed E-state index contributed by atoms with van der Waals surface area (Å²) in [5.74, 6) is 0. The molecule has 20 heavy (non-hydrogen) atoms. The van der Waals surface area contributed by atoms with Crippen molar-refractivity contribution in [1.29, 1.82) is 0 Å². The number of aliphatic imine (C=N–C) groups is 1. The largest absolute Gasteiger partial charge is 0.394 e. The van der Waals surface area contributed by atoms with Crippen molar-refractivity contribution >= 4 is 11.9 Å². The zero-order valence-electron chi connectivity index (χ0n) is 12.9. The second-order valence-electron chi connectivity index (χ2n) is 5.04. The monoisotopic (exact) mass is 276 g/mol. The molecule has 0 saturated carbocycles. The Labute approximate surface area is 123 Å². The van der Waals surface area contributed by atoms with Gasteiger partial charge in [-0.3, -0.25) is 4.99 Å². The van der Waals surface area contributed by atoms with Gasteiger partial charge in [0.15, 0.2) is 0 Å². The molecule has 112 valence electrons. The van der Waals surface area contributed by atoms with Crippen molar-refractivity contribution in [2.24, 2.45) is 4.99 Å². The number of hydrogen-bond acceptors (Lipinski definition) is 3. The van der Waals surface area contributed by atoms with Gasteiger partial charge >= 0.3 is 0 Å². The first-order valence-corrected chi connectivity index (χ1v) is 7.77. The smallest absolute Gasteiger partial charge is 0.0626 e. The van der Waals surface area contributed by atoms with Crippen LogP contribution in [0.25, 0.3) is 0 Å². The van der Waals surface area contributed by atoms with Crippen LogP contribution in [-0.2, 0) is 0 Å². The Kier molecular flexibility index (Phi) is 8.72. The van der Waals surface area contributed by atoms with Crippen LogP contribution in [0.4, 0.5) is 5.69 Å². The summed E-state index contributed by atoms with van der Waals surface area (Å²) in [4.78, 5) is 6.62. The van der Waals surface area contributed by atoms with Gasteiger partial charge in [0.25, 0.3) is 0 Å². The number of aliphatic hydroxyl groups is 1. The minimum atomic E-state index is 0.108. The Hall–Kier alpha value is -1.35. The molecule has 0 aliphatic heterocycles. The highest BCUT2D eigenvalue weighted by Crippen LogP contribution is 2.16. The fourth-order valence-corrected chi connectivity index (χ4v) is 2.07. The normalized spacial score (nSPS) is 11.2. The summed E-state index contributed by atoms with van der Waals surface area (Å²) in [7, 11) is 0. The first kappa shape index (κ1) is 16.7. The Bertz CT molecular complexity index is 365. The lowest BCUT2D eigenvalue weighted by Crippen LogP contribution is -2.25. The average Bonchev–Trinajstić information content (AvgIpc) is 2.49. The molecule has 0 heterocycles. The van der Waals surface area contributed by atoms with Gasteiger partial charge in [0, 0.05) is 25.0 Å². The second-order valence-corrected chi connectivity index (χ2v) is 5.04. The summed E-state index contributed by atoms with van der Waals surface area (Å²) in [5, 5.41) is 8.71. The molecule has 0 atom stereocenters. The van der Waals surface area contributed by atoms with E-state index in [0.717, 1.165) is 18.7 Å². The van der Waals surface area contributed by atoms with Crippen LogP contribution in [0.3, 0.4) is 0 Å². The molecule has 0 spiro atoms. The van der Waals surface area contributed by atoms with Gasteiger partial charge in [0.1, 0.15) is 0 Å². The summed E-state index contributed by atoms with van der Waals surface area (Å²) in [6.45, 7) is 7.32. The fourth-order valence-electron chi connectivity index (χ4n) is 2.07. The first-order valence-electron chi connectivity index (χ1n) is 7.77. The Morgan fingerprint density at radius 1 is 1.05 bits per heavy atom. The number of benzene rings is 1. The molecule has 0 fully saturated rings. The summed E-state index contributed by atoms with van der Waals surface area (Å²) in [5.41, 5.74) is 2.39. The highest BCUT2D eigenvalue weighted by atomic mass is 16.3. The molecule has 1 aromatic rings. The predicted octanol–water partition coefficient (Wildman–Crippen LogP) is 3.50. The zero-order chi connectivity index (χ0) is 14.6. The first-order chi connectivity index (χ1) is 9.81. The van der Waals surface area contributed by atoms with Crippen LogP contribution in [0.5, 0.6) is 0 Å². The van der Waals surface area contributed by atoms with E-state index in [1.807, 2.05) is 6.21 Å². The molecule has 0 amide bonds. The standard InChI is InChI=1S/C17H28N2O/c1-3-5-12-19(13-6-4-2)17-9-7-16(8-10-17)15-18-11-14-20/h7-10,15,20H,3-6,11-14H2,1-2H3/b18-15+. The summed E-state index contributed by atoms with van der Waals surface area (Å²) in [6.07, 6.45) is 6.76.